The largest absolute Gasteiger partial charge is 0.437 e. The predicted molar refractivity (Wildman–Crippen MR) is 97.1 cm³/mol. The molecule has 1 atom stereocenters. The van der Waals surface area contributed by atoms with E-state index in [4.69, 9.17) is 4.74 Å². The molecule has 3 aromatic rings. The number of amides is 1. The van der Waals surface area contributed by atoms with Gasteiger partial charge in [0.15, 0.2) is 5.75 Å². The van der Waals surface area contributed by atoms with E-state index in [0.29, 0.717) is 16.8 Å². The highest BCUT2D eigenvalue weighted by Crippen LogP contribution is 2.45. The van der Waals surface area contributed by atoms with Gasteiger partial charge < -0.3 is 4.74 Å². The molecule has 1 aromatic heterocycles. The molecule has 5 nitrogen and oxygen atoms in total. The molecule has 1 aliphatic rings. The van der Waals surface area contributed by atoms with Crippen molar-refractivity contribution in [1.29, 1.82) is 5.26 Å². The van der Waals surface area contributed by atoms with E-state index in [1.807, 2.05) is 54.6 Å². The van der Waals surface area contributed by atoms with E-state index in [9.17, 15) is 10.1 Å². The van der Waals surface area contributed by atoms with Gasteiger partial charge in [-0.25, -0.2) is 0 Å². The summed E-state index contributed by atoms with van der Waals surface area (Å²) in [5, 5.41) is 13.4. The molecule has 1 aliphatic heterocycles. The molecular weight excluding hydrogens is 326 g/mol. The van der Waals surface area contributed by atoms with Gasteiger partial charge in [0.05, 0.1) is 5.92 Å². The molecule has 0 saturated heterocycles. The SMILES string of the molecule is CC(=O)NC1=C(C#N)C(c2ccccc2)c2ccc3cccnc3c2O1. The second kappa shape index (κ2) is 6.34. The van der Waals surface area contributed by atoms with Crippen molar-refractivity contribution < 1.29 is 9.53 Å². The number of allylic oxidation sites excluding steroid dienone is 1. The summed E-state index contributed by atoms with van der Waals surface area (Å²) in [6.45, 7) is 1.39. The highest BCUT2D eigenvalue weighted by molar-refractivity contribution is 5.87. The van der Waals surface area contributed by atoms with E-state index >= 15 is 0 Å². The summed E-state index contributed by atoms with van der Waals surface area (Å²) >= 11 is 0. The summed E-state index contributed by atoms with van der Waals surface area (Å²) < 4.78 is 5.97. The van der Waals surface area contributed by atoms with Crippen LogP contribution in [0.2, 0.25) is 0 Å². The third-order valence-corrected chi connectivity index (χ3v) is 4.35. The van der Waals surface area contributed by atoms with Crippen LogP contribution in [0.5, 0.6) is 5.75 Å². The zero-order valence-corrected chi connectivity index (χ0v) is 14.1. The number of benzene rings is 2. The third kappa shape index (κ3) is 2.58. The molecule has 1 amide bonds. The Kier molecular flexibility index (Phi) is 3.86. The first-order valence-electron chi connectivity index (χ1n) is 8.21. The molecule has 126 valence electrons. The van der Waals surface area contributed by atoms with Crippen LogP contribution in [0.3, 0.4) is 0 Å². The van der Waals surface area contributed by atoms with E-state index < -0.39 is 0 Å². The van der Waals surface area contributed by atoms with Crippen LogP contribution >= 0.6 is 0 Å². The Morgan fingerprint density at radius 1 is 1.15 bits per heavy atom. The number of hydrogen-bond donors (Lipinski definition) is 1. The second-order valence-corrected chi connectivity index (χ2v) is 6.04. The molecule has 4 rings (SSSR count). The number of aromatic nitrogens is 1. The van der Waals surface area contributed by atoms with Crippen molar-refractivity contribution in [3.63, 3.8) is 0 Å². The summed E-state index contributed by atoms with van der Waals surface area (Å²) in [7, 11) is 0. The van der Waals surface area contributed by atoms with Crippen molar-refractivity contribution in [3.05, 3.63) is 83.4 Å². The maximum absolute atomic E-state index is 11.6. The molecular formula is C21H15N3O2. The van der Waals surface area contributed by atoms with Gasteiger partial charge in [0.2, 0.25) is 11.8 Å². The monoisotopic (exact) mass is 341 g/mol. The molecule has 5 heteroatoms. The van der Waals surface area contributed by atoms with Gasteiger partial charge in [-0.15, -0.1) is 0 Å². The minimum absolute atomic E-state index is 0.166. The van der Waals surface area contributed by atoms with E-state index in [-0.39, 0.29) is 17.7 Å². The Bertz CT molecular complexity index is 1080. The van der Waals surface area contributed by atoms with Crippen LogP contribution in [0, 0.1) is 11.3 Å². The van der Waals surface area contributed by atoms with Crippen LogP contribution in [0.15, 0.2) is 72.3 Å². The normalized spacial score (nSPS) is 15.8. The molecule has 0 bridgehead atoms. The standard InChI is InChI=1S/C21H15N3O2/c1-13(25)24-21-17(12-22)18(14-6-3-2-4-7-14)16-10-9-15-8-5-11-23-19(15)20(16)26-21/h2-11,18H,1H3,(H,24,25). The van der Waals surface area contributed by atoms with Crippen LogP contribution in [-0.2, 0) is 4.79 Å². The van der Waals surface area contributed by atoms with Crippen molar-refractivity contribution in [2.24, 2.45) is 0 Å². The number of nitrogens with zero attached hydrogens (tertiary/aromatic N) is 2. The summed E-state index contributed by atoms with van der Waals surface area (Å²) in [5.41, 5.74) is 2.87. The average molecular weight is 341 g/mol. The second-order valence-electron chi connectivity index (χ2n) is 6.04. The molecule has 26 heavy (non-hydrogen) atoms. The van der Waals surface area contributed by atoms with Gasteiger partial charge in [-0.05, 0) is 11.6 Å². The molecule has 0 fully saturated rings. The lowest BCUT2D eigenvalue weighted by atomic mass is 9.83. The smallest absolute Gasteiger partial charge is 0.223 e. The first kappa shape index (κ1) is 15.9. The summed E-state index contributed by atoms with van der Waals surface area (Å²) in [4.78, 5) is 16.1. The lowest BCUT2D eigenvalue weighted by molar-refractivity contribution is -0.118. The van der Waals surface area contributed by atoms with Gasteiger partial charge in [-0.1, -0.05) is 48.5 Å². The molecule has 2 aromatic carbocycles. The van der Waals surface area contributed by atoms with Crippen LogP contribution in [0.25, 0.3) is 10.9 Å². The van der Waals surface area contributed by atoms with E-state index in [2.05, 4.69) is 16.4 Å². The van der Waals surface area contributed by atoms with E-state index in [0.717, 1.165) is 16.5 Å². The number of pyridine rings is 1. The van der Waals surface area contributed by atoms with Crippen molar-refractivity contribution in [3.8, 4) is 11.8 Å². The highest BCUT2D eigenvalue weighted by Gasteiger charge is 2.33. The Hall–Kier alpha value is -3.65. The zero-order chi connectivity index (χ0) is 18.1. The van der Waals surface area contributed by atoms with Crippen LogP contribution in [-0.4, -0.2) is 10.9 Å². The number of nitrogens with one attached hydrogen (secondary N) is 1. The summed E-state index contributed by atoms with van der Waals surface area (Å²) in [6.07, 6.45) is 1.70. The van der Waals surface area contributed by atoms with Crippen molar-refractivity contribution in [2.45, 2.75) is 12.8 Å². The third-order valence-electron chi connectivity index (χ3n) is 4.35. The lowest BCUT2D eigenvalue weighted by Gasteiger charge is -2.28. The van der Waals surface area contributed by atoms with Crippen LogP contribution in [0.1, 0.15) is 24.0 Å². The first-order chi connectivity index (χ1) is 12.7. The highest BCUT2D eigenvalue weighted by atomic mass is 16.5. The van der Waals surface area contributed by atoms with E-state index in [1.54, 1.807) is 6.20 Å². The van der Waals surface area contributed by atoms with Gasteiger partial charge in [-0.2, -0.15) is 5.26 Å². The number of nitriles is 1. The molecule has 0 radical (unpaired) electrons. The fourth-order valence-electron chi connectivity index (χ4n) is 3.27. The average Bonchev–Trinajstić information content (AvgIpc) is 2.67. The zero-order valence-electron chi connectivity index (χ0n) is 14.1. The lowest BCUT2D eigenvalue weighted by Crippen LogP contribution is -2.29. The fourth-order valence-corrected chi connectivity index (χ4v) is 3.27. The minimum atomic E-state index is -0.335. The number of carbonyl (C=O) groups excluding carboxylic acids is 1. The number of rotatable bonds is 2. The maximum Gasteiger partial charge on any atom is 0.223 e. The Labute approximate surface area is 150 Å². The number of fused-ring (bicyclic) bond motifs is 3. The summed E-state index contributed by atoms with van der Waals surface area (Å²) in [5.74, 6) is 0.105. The van der Waals surface area contributed by atoms with Crippen molar-refractivity contribution in [2.75, 3.05) is 0 Å². The van der Waals surface area contributed by atoms with Crippen LogP contribution in [0.4, 0.5) is 0 Å². The number of hydrogen-bond acceptors (Lipinski definition) is 4. The van der Waals surface area contributed by atoms with Crippen molar-refractivity contribution >= 4 is 16.8 Å². The number of ether oxygens (including phenoxy) is 1. The van der Waals surface area contributed by atoms with Crippen molar-refractivity contribution in [1.82, 2.24) is 10.3 Å². The molecule has 1 N–H and O–H groups in total. The molecule has 1 unspecified atom stereocenters. The Balaban J connectivity index is 2.01. The summed E-state index contributed by atoms with van der Waals surface area (Å²) in [6, 6.07) is 19.7. The van der Waals surface area contributed by atoms with Crippen LogP contribution < -0.4 is 10.1 Å². The fraction of sp³-hybridized carbons (Fsp3) is 0.0952. The predicted octanol–water partition coefficient (Wildman–Crippen LogP) is 3.63. The minimum Gasteiger partial charge on any atom is -0.437 e. The van der Waals surface area contributed by atoms with Gasteiger partial charge in [-0.3, -0.25) is 15.1 Å². The van der Waals surface area contributed by atoms with Gasteiger partial charge in [0.1, 0.15) is 17.2 Å². The van der Waals surface area contributed by atoms with Gasteiger partial charge in [0.25, 0.3) is 0 Å². The topological polar surface area (TPSA) is 75.0 Å². The molecule has 2 heterocycles. The van der Waals surface area contributed by atoms with Gasteiger partial charge >= 0.3 is 0 Å². The van der Waals surface area contributed by atoms with Gasteiger partial charge in [0, 0.05) is 24.1 Å². The first-order valence-corrected chi connectivity index (χ1v) is 8.21. The maximum atomic E-state index is 11.6. The number of carbonyl (C=O) groups is 1. The molecule has 0 saturated carbocycles. The quantitative estimate of drug-likeness (QED) is 0.772. The Morgan fingerprint density at radius 3 is 2.69 bits per heavy atom. The molecule has 0 spiro atoms. The van der Waals surface area contributed by atoms with E-state index in [1.165, 1.54) is 6.92 Å². The Morgan fingerprint density at radius 2 is 1.96 bits per heavy atom. The molecule has 0 aliphatic carbocycles.